The number of nitrogens with zero attached hydrogens (tertiary/aromatic N) is 4. The van der Waals surface area contributed by atoms with Gasteiger partial charge in [0, 0.05) is 28.5 Å². The zero-order valence-corrected chi connectivity index (χ0v) is 29.1. The Labute approximate surface area is 295 Å². The van der Waals surface area contributed by atoms with E-state index in [-0.39, 0.29) is 10.8 Å². The summed E-state index contributed by atoms with van der Waals surface area (Å²) >= 11 is 0. The Morgan fingerprint density at radius 1 is 0.380 bits per heavy atom. The molecule has 50 heavy (non-hydrogen) atoms. The number of rotatable bonds is 6. The van der Waals surface area contributed by atoms with E-state index in [0.29, 0.717) is 17.5 Å². The maximum Gasteiger partial charge on any atom is 0.164 e. The lowest BCUT2D eigenvalue weighted by atomic mass is 9.63. The Bertz CT molecular complexity index is 2290. The van der Waals surface area contributed by atoms with Gasteiger partial charge in [-0.2, -0.15) is 0 Å². The van der Waals surface area contributed by atoms with E-state index in [1.54, 1.807) is 0 Å². The van der Waals surface area contributed by atoms with Crippen molar-refractivity contribution < 1.29 is 0 Å². The second kappa shape index (κ2) is 12.6. The number of benzene rings is 5. The Hall–Kier alpha value is -5.74. The lowest BCUT2D eigenvalue weighted by Crippen LogP contribution is -2.33. The normalized spacial score (nSPS) is 14.6. The van der Waals surface area contributed by atoms with Crippen LogP contribution in [-0.4, -0.2) is 19.9 Å². The fourth-order valence-corrected chi connectivity index (χ4v) is 7.14. The molecule has 0 fully saturated rings. The van der Waals surface area contributed by atoms with Crippen molar-refractivity contribution in [3.63, 3.8) is 0 Å². The number of aromatic nitrogens is 4. The van der Waals surface area contributed by atoms with E-state index < -0.39 is 0 Å². The largest absolute Gasteiger partial charge is 0.256 e. The summed E-state index contributed by atoms with van der Waals surface area (Å²) in [5, 5.41) is 0. The van der Waals surface area contributed by atoms with Gasteiger partial charge in [0.15, 0.2) is 17.5 Å². The van der Waals surface area contributed by atoms with Crippen LogP contribution in [-0.2, 0) is 10.8 Å². The summed E-state index contributed by atoms with van der Waals surface area (Å²) in [4.78, 5) is 19.8. The van der Waals surface area contributed by atoms with Gasteiger partial charge in [0.1, 0.15) is 0 Å². The fraction of sp³-hybridized carbons (Fsp3) is 0.174. The minimum absolute atomic E-state index is 0.0779. The molecule has 1 aliphatic rings. The first-order chi connectivity index (χ1) is 24.2. The van der Waals surface area contributed by atoms with Gasteiger partial charge < -0.3 is 0 Å². The van der Waals surface area contributed by atoms with Gasteiger partial charge in [-0.25, -0.2) is 15.0 Å². The summed E-state index contributed by atoms with van der Waals surface area (Å²) < 4.78 is 0. The summed E-state index contributed by atoms with van der Waals surface area (Å²) in [5.74, 6) is 1.98. The van der Waals surface area contributed by atoms with Crippen LogP contribution in [0.1, 0.15) is 51.7 Å². The molecule has 0 saturated carbocycles. The van der Waals surface area contributed by atoms with Crippen molar-refractivity contribution >= 4 is 0 Å². The van der Waals surface area contributed by atoms with Crippen LogP contribution < -0.4 is 0 Å². The van der Waals surface area contributed by atoms with E-state index in [0.717, 1.165) is 39.9 Å². The quantitative estimate of drug-likeness (QED) is 0.180. The zero-order valence-electron chi connectivity index (χ0n) is 29.1. The van der Waals surface area contributed by atoms with Crippen LogP contribution in [0.3, 0.4) is 0 Å². The lowest BCUT2D eigenvalue weighted by molar-refractivity contribution is 0.332. The van der Waals surface area contributed by atoms with Crippen molar-refractivity contribution in [1.29, 1.82) is 0 Å². The molecule has 0 aliphatic heterocycles. The van der Waals surface area contributed by atoms with E-state index >= 15 is 0 Å². The number of hydrogen-bond donors (Lipinski definition) is 0. The molecule has 244 valence electrons. The predicted octanol–water partition coefficient (Wildman–Crippen LogP) is 11.6. The molecule has 0 bridgehead atoms. The first-order valence-corrected chi connectivity index (χ1v) is 17.4. The van der Waals surface area contributed by atoms with Crippen LogP contribution in [0.4, 0.5) is 0 Å². The van der Waals surface area contributed by atoms with Crippen LogP contribution in [0.2, 0.25) is 0 Å². The van der Waals surface area contributed by atoms with E-state index in [2.05, 4.69) is 148 Å². The highest BCUT2D eigenvalue weighted by atomic mass is 15.0. The third kappa shape index (κ3) is 6.14. The second-order valence-electron chi connectivity index (χ2n) is 14.7. The maximum atomic E-state index is 5.12. The monoisotopic (exact) mass is 648 g/mol. The van der Waals surface area contributed by atoms with Crippen molar-refractivity contribution in [3.05, 3.63) is 157 Å². The van der Waals surface area contributed by atoms with Crippen LogP contribution in [0.25, 0.3) is 67.7 Å². The van der Waals surface area contributed by atoms with E-state index in [4.69, 9.17) is 15.0 Å². The molecule has 1 aliphatic carbocycles. The highest BCUT2D eigenvalue weighted by Gasteiger charge is 2.37. The first kappa shape index (κ1) is 31.5. The highest BCUT2D eigenvalue weighted by Crippen LogP contribution is 2.46. The van der Waals surface area contributed by atoms with Crippen molar-refractivity contribution in [2.45, 2.75) is 51.4 Å². The Morgan fingerprint density at radius 2 is 0.860 bits per heavy atom. The second-order valence-corrected chi connectivity index (χ2v) is 14.7. The number of hydrogen-bond acceptors (Lipinski definition) is 4. The molecule has 4 nitrogen and oxygen atoms in total. The lowest BCUT2D eigenvalue weighted by Gasteiger charge is -2.42. The molecule has 0 N–H and O–H groups in total. The Kier molecular flexibility index (Phi) is 7.95. The first-order valence-electron chi connectivity index (χ1n) is 17.4. The summed E-state index contributed by atoms with van der Waals surface area (Å²) in [5.41, 5.74) is 12.6. The molecular weight excluding hydrogens is 609 g/mol. The third-order valence-electron chi connectivity index (χ3n) is 10.3. The summed E-state index contributed by atoms with van der Waals surface area (Å²) in [6.07, 6.45) is 4.14. The predicted molar refractivity (Wildman–Crippen MR) is 206 cm³/mol. The van der Waals surface area contributed by atoms with E-state index in [1.807, 2.05) is 30.5 Å². The molecule has 0 spiro atoms. The molecule has 8 rings (SSSR count). The van der Waals surface area contributed by atoms with Crippen LogP contribution in [0.15, 0.2) is 146 Å². The van der Waals surface area contributed by atoms with Crippen molar-refractivity contribution in [1.82, 2.24) is 19.9 Å². The zero-order chi connectivity index (χ0) is 34.3. The van der Waals surface area contributed by atoms with Gasteiger partial charge in [-0.15, -0.1) is 0 Å². The van der Waals surface area contributed by atoms with Gasteiger partial charge in [0.2, 0.25) is 0 Å². The third-order valence-corrected chi connectivity index (χ3v) is 10.3. The minimum Gasteiger partial charge on any atom is -0.256 e. The Morgan fingerprint density at radius 3 is 1.46 bits per heavy atom. The molecule has 0 amide bonds. The van der Waals surface area contributed by atoms with Gasteiger partial charge in [-0.05, 0) is 81.3 Å². The highest BCUT2D eigenvalue weighted by molar-refractivity contribution is 5.75. The van der Waals surface area contributed by atoms with Gasteiger partial charge >= 0.3 is 0 Å². The van der Waals surface area contributed by atoms with Crippen LogP contribution in [0.5, 0.6) is 0 Å². The van der Waals surface area contributed by atoms with Crippen molar-refractivity contribution in [3.8, 4) is 67.7 Å². The van der Waals surface area contributed by atoms with E-state index in [9.17, 15) is 0 Å². The molecule has 2 heterocycles. The molecule has 4 heteroatoms. The Balaban J connectivity index is 1.20. The smallest absolute Gasteiger partial charge is 0.164 e. The molecular formula is C46H40N4. The maximum absolute atomic E-state index is 5.12. The van der Waals surface area contributed by atoms with Crippen LogP contribution >= 0.6 is 0 Å². The standard InChI is InChI=1S/C46H40N4/c1-45(2)26-27-46(3,4)40-30-38(24-25-39(40)45)44-49-42(48-43(50-44)35-22-18-33(19-23-35)41-15-8-9-28-47-41)34-20-16-32(17-21-34)37-14-10-13-36(29-37)31-11-6-5-7-12-31/h5-25,28-30H,26-27H2,1-4H3. The number of pyridine rings is 1. The molecule has 7 aromatic rings. The molecule has 0 atom stereocenters. The average molecular weight is 649 g/mol. The van der Waals surface area contributed by atoms with Crippen LogP contribution in [0, 0.1) is 0 Å². The molecule has 0 radical (unpaired) electrons. The molecule has 0 saturated heterocycles. The summed E-state index contributed by atoms with van der Waals surface area (Å²) in [6.45, 7) is 9.43. The van der Waals surface area contributed by atoms with Gasteiger partial charge in [0.05, 0.1) is 5.69 Å². The molecule has 2 aromatic heterocycles. The topological polar surface area (TPSA) is 51.6 Å². The molecule has 0 unspecified atom stereocenters. The average Bonchev–Trinajstić information content (AvgIpc) is 3.17. The number of fused-ring (bicyclic) bond motifs is 1. The van der Waals surface area contributed by atoms with Crippen molar-refractivity contribution in [2.75, 3.05) is 0 Å². The van der Waals surface area contributed by atoms with E-state index in [1.165, 1.54) is 34.2 Å². The van der Waals surface area contributed by atoms with Crippen molar-refractivity contribution in [2.24, 2.45) is 0 Å². The van der Waals surface area contributed by atoms with Gasteiger partial charge in [-0.3, -0.25) is 4.98 Å². The fourth-order valence-electron chi connectivity index (χ4n) is 7.14. The summed E-state index contributed by atoms with van der Waals surface area (Å²) in [6, 6.07) is 48.9. The molecule has 5 aromatic carbocycles. The SMILES string of the molecule is CC1(C)CCC(C)(C)c2cc(-c3nc(-c4ccc(-c5cccc(-c6ccccc6)c5)cc4)nc(-c4ccc(-c5ccccn5)cc4)n3)ccc21. The summed E-state index contributed by atoms with van der Waals surface area (Å²) in [7, 11) is 0. The van der Waals surface area contributed by atoms with Gasteiger partial charge in [0.25, 0.3) is 0 Å². The van der Waals surface area contributed by atoms with Gasteiger partial charge in [-0.1, -0.05) is 143 Å². The minimum atomic E-state index is 0.0779.